The Morgan fingerprint density at radius 3 is 2.40 bits per heavy atom. The zero-order valence-electron chi connectivity index (χ0n) is 12.3. The van der Waals surface area contributed by atoms with E-state index in [-0.39, 0.29) is 24.0 Å². The van der Waals surface area contributed by atoms with Crippen molar-refractivity contribution in [2.75, 3.05) is 19.6 Å². The van der Waals surface area contributed by atoms with E-state index >= 15 is 0 Å². The van der Waals surface area contributed by atoms with Crippen molar-refractivity contribution in [1.29, 1.82) is 0 Å². The minimum absolute atomic E-state index is 0.00690. The molecule has 20 heavy (non-hydrogen) atoms. The molecule has 1 aliphatic carbocycles. The van der Waals surface area contributed by atoms with Crippen LogP contribution in [0.15, 0.2) is 0 Å². The normalized spacial score (nSPS) is 28.9. The predicted octanol–water partition coefficient (Wildman–Crippen LogP) is 1.32. The molecule has 1 saturated carbocycles. The van der Waals surface area contributed by atoms with Gasteiger partial charge in [-0.1, -0.05) is 6.92 Å². The highest BCUT2D eigenvalue weighted by Crippen LogP contribution is 2.24. The molecule has 2 fully saturated rings. The van der Waals surface area contributed by atoms with E-state index in [1.807, 2.05) is 0 Å². The highest BCUT2D eigenvalue weighted by Gasteiger charge is 2.29. The second-order valence-corrected chi connectivity index (χ2v) is 5.90. The molecule has 5 nitrogen and oxygen atoms in total. The van der Waals surface area contributed by atoms with Gasteiger partial charge in [0, 0.05) is 6.04 Å². The summed E-state index contributed by atoms with van der Waals surface area (Å²) in [4.78, 5) is 24.9. The van der Waals surface area contributed by atoms with E-state index < -0.39 is 0 Å². The van der Waals surface area contributed by atoms with Gasteiger partial charge in [-0.15, -0.1) is 0 Å². The van der Waals surface area contributed by atoms with Crippen LogP contribution in [0.5, 0.6) is 0 Å². The number of hydrogen-bond donors (Lipinski definition) is 1. The first kappa shape index (κ1) is 15.3. The maximum Gasteiger partial charge on any atom is 0.309 e. The maximum absolute atomic E-state index is 12.2. The van der Waals surface area contributed by atoms with Crippen LogP contribution in [0.2, 0.25) is 0 Å². The standard InChI is InChI=1S/C15H26N2O3/c1-2-17-9-7-12(8-10-17)15(19)20-14-5-3-13(4-6-14)16-11-18/h11-14H,2-10H2,1H3,(H,16,18). The summed E-state index contributed by atoms with van der Waals surface area (Å²) in [6, 6.07) is 0.259. The number of esters is 1. The van der Waals surface area contributed by atoms with Gasteiger partial charge >= 0.3 is 5.97 Å². The predicted molar refractivity (Wildman–Crippen MR) is 76.2 cm³/mol. The van der Waals surface area contributed by atoms with Gasteiger partial charge in [-0.2, -0.15) is 0 Å². The Bertz CT molecular complexity index is 319. The minimum atomic E-state index is -0.00690. The topological polar surface area (TPSA) is 58.6 Å². The average Bonchev–Trinajstić information content (AvgIpc) is 2.49. The Hall–Kier alpha value is -1.10. The molecule has 1 aliphatic heterocycles. The van der Waals surface area contributed by atoms with Crippen molar-refractivity contribution in [2.45, 2.75) is 57.6 Å². The molecule has 1 N–H and O–H groups in total. The van der Waals surface area contributed by atoms with Gasteiger partial charge in [0.1, 0.15) is 6.10 Å². The lowest BCUT2D eigenvalue weighted by Gasteiger charge is -2.32. The van der Waals surface area contributed by atoms with Crippen molar-refractivity contribution in [2.24, 2.45) is 5.92 Å². The third-order valence-electron chi connectivity index (χ3n) is 4.63. The minimum Gasteiger partial charge on any atom is -0.462 e. The lowest BCUT2D eigenvalue weighted by atomic mass is 9.92. The Morgan fingerprint density at radius 2 is 1.85 bits per heavy atom. The van der Waals surface area contributed by atoms with Crippen molar-refractivity contribution in [3.05, 3.63) is 0 Å². The highest BCUT2D eigenvalue weighted by molar-refractivity contribution is 5.72. The van der Waals surface area contributed by atoms with E-state index in [0.29, 0.717) is 0 Å². The van der Waals surface area contributed by atoms with E-state index in [0.717, 1.165) is 64.6 Å². The molecular formula is C15H26N2O3. The molecule has 0 aromatic heterocycles. The van der Waals surface area contributed by atoms with Crippen molar-refractivity contribution < 1.29 is 14.3 Å². The van der Waals surface area contributed by atoms with E-state index in [9.17, 15) is 9.59 Å². The van der Waals surface area contributed by atoms with Gasteiger partial charge in [-0.05, 0) is 58.2 Å². The summed E-state index contributed by atoms with van der Waals surface area (Å²) in [6.07, 6.45) is 6.21. The van der Waals surface area contributed by atoms with E-state index in [1.54, 1.807) is 0 Å². The average molecular weight is 282 g/mol. The fourth-order valence-corrected chi connectivity index (χ4v) is 3.19. The number of nitrogens with one attached hydrogen (secondary N) is 1. The molecule has 0 atom stereocenters. The smallest absolute Gasteiger partial charge is 0.309 e. The second kappa shape index (κ2) is 7.62. The molecule has 2 aliphatic rings. The van der Waals surface area contributed by atoms with Crippen LogP contribution in [0.3, 0.4) is 0 Å². The zero-order valence-corrected chi connectivity index (χ0v) is 12.3. The number of ether oxygens (including phenoxy) is 1. The van der Waals surface area contributed by atoms with Gasteiger partial charge in [0.25, 0.3) is 0 Å². The van der Waals surface area contributed by atoms with Gasteiger partial charge in [0.15, 0.2) is 0 Å². The molecule has 1 amide bonds. The van der Waals surface area contributed by atoms with Crippen LogP contribution in [-0.2, 0) is 14.3 Å². The summed E-state index contributed by atoms with van der Waals surface area (Å²) in [5.41, 5.74) is 0. The molecule has 0 radical (unpaired) electrons. The molecule has 114 valence electrons. The third-order valence-corrected chi connectivity index (χ3v) is 4.63. The molecule has 5 heteroatoms. The lowest BCUT2D eigenvalue weighted by Crippen LogP contribution is -2.39. The Labute approximate surface area is 121 Å². The number of rotatable bonds is 5. The first-order chi connectivity index (χ1) is 9.72. The summed E-state index contributed by atoms with van der Waals surface area (Å²) in [5.74, 6) is 0.0798. The van der Waals surface area contributed by atoms with E-state index in [4.69, 9.17) is 4.74 Å². The summed E-state index contributed by atoms with van der Waals surface area (Å²) in [5, 5.41) is 2.81. The van der Waals surface area contributed by atoms with Crippen LogP contribution in [0.1, 0.15) is 45.4 Å². The summed E-state index contributed by atoms with van der Waals surface area (Å²) in [7, 11) is 0. The van der Waals surface area contributed by atoms with Crippen LogP contribution in [0.4, 0.5) is 0 Å². The lowest BCUT2D eigenvalue weighted by molar-refractivity contribution is -0.157. The Morgan fingerprint density at radius 1 is 1.20 bits per heavy atom. The molecular weight excluding hydrogens is 256 g/mol. The van der Waals surface area contributed by atoms with Gasteiger partial charge < -0.3 is 15.0 Å². The van der Waals surface area contributed by atoms with Gasteiger partial charge in [0.05, 0.1) is 5.92 Å². The Kier molecular flexibility index (Phi) is 5.83. The fraction of sp³-hybridized carbons (Fsp3) is 0.867. The molecule has 0 aromatic rings. The third kappa shape index (κ3) is 4.20. The number of nitrogens with zero attached hydrogens (tertiary/aromatic N) is 1. The molecule has 0 bridgehead atoms. The molecule has 0 unspecified atom stereocenters. The molecule has 1 saturated heterocycles. The van der Waals surface area contributed by atoms with Crippen LogP contribution in [-0.4, -0.2) is 49.1 Å². The van der Waals surface area contributed by atoms with E-state index in [2.05, 4.69) is 17.1 Å². The van der Waals surface area contributed by atoms with Crippen molar-refractivity contribution in [1.82, 2.24) is 10.2 Å². The fourth-order valence-electron chi connectivity index (χ4n) is 3.19. The number of hydrogen-bond acceptors (Lipinski definition) is 4. The number of carbonyl (C=O) groups excluding carboxylic acids is 2. The van der Waals surface area contributed by atoms with Crippen molar-refractivity contribution in [3.63, 3.8) is 0 Å². The molecule has 2 rings (SSSR count). The van der Waals surface area contributed by atoms with Crippen LogP contribution in [0.25, 0.3) is 0 Å². The van der Waals surface area contributed by atoms with Gasteiger partial charge in [-0.3, -0.25) is 9.59 Å². The van der Waals surface area contributed by atoms with E-state index in [1.165, 1.54) is 0 Å². The van der Waals surface area contributed by atoms with Crippen LogP contribution < -0.4 is 5.32 Å². The summed E-state index contributed by atoms with van der Waals surface area (Å²) in [6.45, 7) is 5.23. The number of carbonyl (C=O) groups is 2. The van der Waals surface area contributed by atoms with Gasteiger partial charge in [0.2, 0.25) is 6.41 Å². The van der Waals surface area contributed by atoms with Crippen molar-refractivity contribution in [3.8, 4) is 0 Å². The highest BCUT2D eigenvalue weighted by atomic mass is 16.5. The maximum atomic E-state index is 12.2. The number of amides is 1. The SMILES string of the molecule is CCN1CCC(C(=O)OC2CCC(NC=O)CC2)CC1. The molecule has 1 heterocycles. The second-order valence-electron chi connectivity index (χ2n) is 5.90. The largest absolute Gasteiger partial charge is 0.462 e. The van der Waals surface area contributed by atoms with Gasteiger partial charge in [-0.25, -0.2) is 0 Å². The quantitative estimate of drug-likeness (QED) is 0.610. The van der Waals surface area contributed by atoms with Crippen molar-refractivity contribution >= 4 is 12.4 Å². The zero-order chi connectivity index (χ0) is 14.4. The van der Waals surface area contributed by atoms with Crippen LogP contribution in [0, 0.1) is 5.92 Å². The summed E-state index contributed by atoms with van der Waals surface area (Å²) >= 11 is 0. The number of piperidine rings is 1. The first-order valence-corrected chi connectivity index (χ1v) is 7.85. The molecule has 0 spiro atoms. The van der Waals surface area contributed by atoms with Crippen LogP contribution >= 0.6 is 0 Å². The monoisotopic (exact) mass is 282 g/mol. The first-order valence-electron chi connectivity index (χ1n) is 7.85. The number of likely N-dealkylation sites (tertiary alicyclic amines) is 1. The molecule has 0 aromatic carbocycles. The summed E-state index contributed by atoms with van der Waals surface area (Å²) < 4.78 is 5.65. The Balaban J connectivity index is 1.69.